The number of dihydropyridines is 1. The van der Waals surface area contributed by atoms with Gasteiger partial charge in [-0.3, -0.25) is 0 Å². The summed E-state index contributed by atoms with van der Waals surface area (Å²) in [5, 5.41) is 4.38. The number of hydrogen-bond acceptors (Lipinski definition) is 1. The predicted octanol–water partition coefficient (Wildman–Crippen LogP) is 4.40. The van der Waals surface area contributed by atoms with Crippen LogP contribution in [0.3, 0.4) is 0 Å². The van der Waals surface area contributed by atoms with Gasteiger partial charge >= 0.3 is 0 Å². The van der Waals surface area contributed by atoms with Crippen LogP contribution in [0, 0.1) is 0 Å². The lowest BCUT2D eigenvalue weighted by Gasteiger charge is -2.26. The maximum Gasteiger partial charge on any atom is 0.0871 e. The van der Waals surface area contributed by atoms with Crippen molar-refractivity contribution in [3.05, 3.63) is 76.9 Å². The Labute approximate surface area is 119 Å². The molecule has 1 aromatic rings. The first-order valence-electron chi connectivity index (χ1n) is 6.60. The molecule has 1 aliphatic heterocycles. The van der Waals surface area contributed by atoms with E-state index < -0.39 is 0 Å². The van der Waals surface area contributed by atoms with E-state index in [0.29, 0.717) is 0 Å². The van der Waals surface area contributed by atoms with Crippen molar-refractivity contribution in [3.8, 4) is 0 Å². The second kappa shape index (κ2) is 5.50. The minimum absolute atomic E-state index is 0.0819. The molecule has 0 amide bonds. The van der Waals surface area contributed by atoms with Gasteiger partial charge in [0.25, 0.3) is 0 Å². The highest BCUT2D eigenvalue weighted by Crippen LogP contribution is 2.27. The highest BCUT2D eigenvalue weighted by molar-refractivity contribution is 6.31. The highest BCUT2D eigenvalue weighted by atomic mass is 35.5. The Morgan fingerprint density at radius 2 is 1.89 bits per heavy atom. The molecule has 0 aromatic heterocycles. The molecule has 1 N–H and O–H groups in total. The molecule has 1 atom stereocenters. The molecule has 1 unspecified atom stereocenters. The third kappa shape index (κ3) is 2.66. The van der Waals surface area contributed by atoms with Crippen molar-refractivity contribution in [1.29, 1.82) is 0 Å². The van der Waals surface area contributed by atoms with Crippen LogP contribution < -0.4 is 5.32 Å². The molecular weight excluding hydrogens is 254 g/mol. The standard InChI is InChI=1S/C17H16ClN/c18-15-11-12-16(13-7-3-1-4-8-13)19-17(15)14-9-5-2-6-10-14/h1,3-5,7-12,17,19H,2,6H2. The average molecular weight is 270 g/mol. The van der Waals surface area contributed by atoms with Gasteiger partial charge in [-0.25, -0.2) is 0 Å². The van der Waals surface area contributed by atoms with Crippen LogP contribution >= 0.6 is 11.6 Å². The lowest BCUT2D eigenvalue weighted by Crippen LogP contribution is -2.32. The van der Waals surface area contributed by atoms with Gasteiger partial charge in [0.1, 0.15) is 0 Å². The van der Waals surface area contributed by atoms with E-state index in [1.54, 1.807) is 0 Å². The minimum Gasteiger partial charge on any atom is -0.373 e. The summed E-state index contributed by atoms with van der Waals surface area (Å²) < 4.78 is 0. The van der Waals surface area contributed by atoms with E-state index in [4.69, 9.17) is 11.6 Å². The van der Waals surface area contributed by atoms with Gasteiger partial charge in [-0.15, -0.1) is 0 Å². The fraction of sp³-hybridized carbons (Fsp3) is 0.176. The number of halogens is 1. The van der Waals surface area contributed by atoms with Crippen molar-refractivity contribution in [2.75, 3.05) is 0 Å². The molecule has 0 fully saturated rings. The normalized spacial score (nSPS) is 22.2. The Morgan fingerprint density at radius 3 is 2.63 bits per heavy atom. The molecule has 1 nitrogen and oxygen atoms in total. The largest absolute Gasteiger partial charge is 0.373 e. The van der Waals surface area contributed by atoms with Gasteiger partial charge in [0.15, 0.2) is 0 Å². The number of rotatable bonds is 2. The van der Waals surface area contributed by atoms with Crippen LogP contribution in [-0.2, 0) is 0 Å². The fourth-order valence-electron chi connectivity index (χ4n) is 2.42. The SMILES string of the molecule is ClC1=CC=C(c2ccccc2)NC1C1=CCCC=C1. The van der Waals surface area contributed by atoms with Crippen LogP contribution in [0.15, 0.2) is 71.3 Å². The van der Waals surface area contributed by atoms with Crippen molar-refractivity contribution < 1.29 is 0 Å². The van der Waals surface area contributed by atoms with Gasteiger partial charge in [-0.1, -0.05) is 60.2 Å². The number of hydrogen-bond donors (Lipinski definition) is 1. The maximum atomic E-state index is 6.35. The second-order valence-corrected chi connectivity index (χ2v) is 5.20. The van der Waals surface area contributed by atoms with Crippen LogP contribution in [0.1, 0.15) is 18.4 Å². The van der Waals surface area contributed by atoms with Gasteiger partial charge in [-0.2, -0.15) is 0 Å². The summed E-state index contributed by atoms with van der Waals surface area (Å²) in [7, 11) is 0. The number of nitrogens with one attached hydrogen (secondary N) is 1. The molecule has 1 aromatic carbocycles. The van der Waals surface area contributed by atoms with E-state index in [1.165, 1.54) is 11.1 Å². The first-order chi connectivity index (χ1) is 9.34. The molecule has 0 spiro atoms. The Morgan fingerprint density at radius 1 is 1.05 bits per heavy atom. The van der Waals surface area contributed by atoms with Crippen molar-refractivity contribution in [3.63, 3.8) is 0 Å². The number of benzene rings is 1. The van der Waals surface area contributed by atoms with E-state index in [-0.39, 0.29) is 6.04 Å². The quantitative estimate of drug-likeness (QED) is 0.839. The Kier molecular flexibility index (Phi) is 3.56. The van der Waals surface area contributed by atoms with Gasteiger partial charge in [0, 0.05) is 10.7 Å². The molecule has 1 aliphatic carbocycles. The summed E-state index contributed by atoms with van der Waals surface area (Å²) in [6, 6.07) is 10.4. The summed E-state index contributed by atoms with van der Waals surface area (Å²) in [6.45, 7) is 0. The first kappa shape index (κ1) is 12.3. The Hall–Kier alpha value is -1.73. The minimum atomic E-state index is 0.0819. The van der Waals surface area contributed by atoms with E-state index >= 15 is 0 Å². The molecule has 2 heteroatoms. The fourth-order valence-corrected chi connectivity index (χ4v) is 2.66. The van der Waals surface area contributed by atoms with Crippen molar-refractivity contribution in [1.82, 2.24) is 5.32 Å². The van der Waals surface area contributed by atoms with Gasteiger partial charge in [0.05, 0.1) is 6.04 Å². The van der Waals surface area contributed by atoms with E-state index in [2.05, 4.69) is 35.7 Å². The van der Waals surface area contributed by atoms with E-state index in [1.807, 2.05) is 30.4 Å². The summed E-state index contributed by atoms with van der Waals surface area (Å²) in [6.07, 6.45) is 12.9. The van der Waals surface area contributed by atoms with Gasteiger partial charge < -0.3 is 5.32 Å². The van der Waals surface area contributed by atoms with Gasteiger partial charge in [0.2, 0.25) is 0 Å². The van der Waals surface area contributed by atoms with Crippen molar-refractivity contribution in [2.45, 2.75) is 18.9 Å². The topological polar surface area (TPSA) is 12.0 Å². The highest BCUT2D eigenvalue weighted by Gasteiger charge is 2.20. The maximum absolute atomic E-state index is 6.35. The van der Waals surface area contributed by atoms with E-state index in [0.717, 1.165) is 23.6 Å². The third-order valence-electron chi connectivity index (χ3n) is 3.43. The molecule has 96 valence electrons. The zero-order chi connectivity index (χ0) is 13.1. The third-order valence-corrected chi connectivity index (χ3v) is 3.77. The zero-order valence-corrected chi connectivity index (χ0v) is 11.4. The predicted molar refractivity (Wildman–Crippen MR) is 81.7 cm³/mol. The molecule has 0 bridgehead atoms. The molecule has 0 radical (unpaired) electrons. The molecule has 0 saturated heterocycles. The van der Waals surface area contributed by atoms with Crippen molar-refractivity contribution in [2.24, 2.45) is 0 Å². The molecule has 3 rings (SSSR count). The lowest BCUT2D eigenvalue weighted by molar-refractivity contribution is 0.791. The Bertz CT molecular complexity index is 579. The summed E-state index contributed by atoms with van der Waals surface area (Å²) in [5.74, 6) is 0. The molecule has 19 heavy (non-hydrogen) atoms. The Balaban J connectivity index is 1.87. The summed E-state index contributed by atoms with van der Waals surface area (Å²) in [4.78, 5) is 0. The van der Waals surface area contributed by atoms with Crippen LogP contribution in [-0.4, -0.2) is 6.04 Å². The van der Waals surface area contributed by atoms with Gasteiger partial charge in [-0.05, 0) is 36.1 Å². The van der Waals surface area contributed by atoms with Crippen molar-refractivity contribution >= 4 is 17.3 Å². The summed E-state index contributed by atoms with van der Waals surface area (Å²) in [5.41, 5.74) is 3.57. The van der Waals surface area contributed by atoms with Crippen LogP contribution in [0.2, 0.25) is 0 Å². The monoisotopic (exact) mass is 269 g/mol. The van der Waals surface area contributed by atoms with Crippen LogP contribution in [0.5, 0.6) is 0 Å². The smallest absolute Gasteiger partial charge is 0.0871 e. The molecular formula is C17H16ClN. The van der Waals surface area contributed by atoms with Crippen LogP contribution in [0.4, 0.5) is 0 Å². The lowest BCUT2D eigenvalue weighted by atomic mass is 9.96. The zero-order valence-electron chi connectivity index (χ0n) is 10.6. The second-order valence-electron chi connectivity index (χ2n) is 4.76. The first-order valence-corrected chi connectivity index (χ1v) is 6.98. The van der Waals surface area contributed by atoms with Crippen LogP contribution in [0.25, 0.3) is 5.70 Å². The molecule has 0 saturated carbocycles. The van der Waals surface area contributed by atoms with E-state index in [9.17, 15) is 0 Å². The summed E-state index contributed by atoms with van der Waals surface area (Å²) >= 11 is 6.35. The molecule has 1 heterocycles. The molecule has 2 aliphatic rings. The average Bonchev–Trinajstić information content (AvgIpc) is 2.49. The number of allylic oxidation sites excluding steroid dienone is 4.